The van der Waals surface area contributed by atoms with E-state index in [1.54, 1.807) is 50.9 Å². The number of hydrogen-bond acceptors (Lipinski definition) is 15. The molecule has 1 saturated heterocycles. The number of allylic oxidation sites excluding steroid dienone is 2. The van der Waals surface area contributed by atoms with Crippen molar-refractivity contribution in [2.24, 2.45) is 28.8 Å². The van der Waals surface area contributed by atoms with Gasteiger partial charge in [0, 0.05) is 93.9 Å². The molecule has 0 aromatic heterocycles. The Morgan fingerprint density at radius 3 is 2.28 bits per heavy atom. The summed E-state index contributed by atoms with van der Waals surface area (Å²) in [4.78, 5) is 42.8. The number of nitrogens with zero attached hydrogens (tertiary/aromatic N) is 3. The number of esters is 1. The van der Waals surface area contributed by atoms with Crippen molar-refractivity contribution in [1.29, 1.82) is 0 Å². The maximum Gasteiger partial charge on any atom is 0.416 e. The Morgan fingerprint density at radius 2 is 1.64 bits per heavy atom. The fraction of sp³-hybridized carbons (Fsp3) is 0.480. The minimum atomic E-state index is -4.48. The molecule has 69 heavy (non-hydrogen) atoms. The van der Waals surface area contributed by atoms with E-state index in [1.165, 1.54) is 59.2 Å². The van der Waals surface area contributed by atoms with Gasteiger partial charge in [-0.1, -0.05) is 64.1 Å². The van der Waals surface area contributed by atoms with Crippen LogP contribution in [-0.2, 0) is 36.5 Å². The van der Waals surface area contributed by atoms with Crippen LogP contribution >= 0.6 is 0 Å². The van der Waals surface area contributed by atoms with Gasteiger partial charge in [-0.3, -0.25) is 24.3 Å². The van der Waals surface area contributed by atoms with Crippen LogP contribution in [0.4, 0.5) is 18.9 Å². The molecule has 0 unspecified atom stereocenters. The lowest BCUT2D eigenvalue weighted by Crippen LogP contribution is -2.46. The number of aromatic hydroxyl groups is 3. The molecule has 1 amide bonds. The Labute approximate surface area is 398 Å². The molecule has 19 heteroatoms. The number of fused-ring (bicyclic) bond motifs is 14. The van der Waals surface area contributed by atoms with E-state index in [0.717, 1.165) is 18.4 Å². The number of Topliss-reactive ketones (excluding diaryl/α,β-unsaturated/α-hetero) is 1. The maximum atomic E-state index is 14.6. The van der Waals surface area contributed by atoms with Crippen molar-refractivity contribution in [3.8, 4) is 23.0 Å². The van der Waals surface area contributed by atoms with Crippen molar-refractivity contribution in [3.05, 3.63) is 88.2 Å². The Hall–Kier alpha value is -6.15. The number of aliphatic hydroxyl groups is 2. The Morgan fingerprint density at radius 1 is 0.957 bits per heavy atom. The number of anilines is 1. The van der Waals surface area contributed by atoms with E-state index >= 15 is 0 Å². The van der Waals surface area contributed by atoms with Crippen LogP contribution in [0.5, 0.6) is 23.0 Å². The summed E-state index contributed by atoms with van der Waals surface area (Å²) in [6.07, 6.45) is -0.100. The van der Waals surface area contributed by atoms with E-state index in [4.69, 9.17) is 18.9 Å². The molecular weight excluding hydrogens is 906 g/mol. The van der Waals surface area contributed by atoms with Gasteiger partial charge in [0.15, 0.2) is 5.75 Å². The number of carbonyl (C=O) groups excluding carboxylic acids is 3. The average molecular weight is 967 g/mol. The Bertz CT molecular complexity index is 2570. The zero-order valence-corrected chi connectivity index (χ0v) is 40.0. The topological polar surface area (TPSA) is 220 Å². The van der Waals surface area contributed by atoms with Crippen LogP contribution in [0.15, 0.2) is 65.5 Å². The van der Waals surface area contributed by atoms with Crippen molar-refractivity contribution in [2.75, 3.05) is 38.6 Å². The van der Waals surface area contributed by atoms with Crippen molar-refractivity contribution in [1.82, 2.24) is 9.91 Å². The van der Waals surface area contributed by atoms with Crippen LogP contribution in [0.25, 0.3) is 10.8 Å². The van der Waals surface area contributed by atoms with E-state index in [-0.39, 0.29) is 51.0 Å². The molecule has 16 nitrogen and oxygen atoms in total. The van der Waals surface area contributed by atoms with Crippen LogP contribution in [-0.4, -0.2) is 123 Å². The van der Waals surface area contributed by atoms with Crippen LogP contribution < -0.4 is 10.1 Å². The van der Waals surface area contributed by atoms with Gasteiger partial charge in [-0.2, -0.15) is 18.3 Å². The summed E-state index contributed by atoms with van der Waals surface area (Å²) < 4.78 is 63.8. The fourth-order valence-corrected chi connectivity index (χ4v) is 9.13. The van der Waals surface area contributed by atoms with E-state index in [2.05, 4.69) is 10.4 Å². The van der Waals surface area contributed by atoms with Crippen LogP contribution in [0.3, 0.4) is 0 Å². The molecule has 4 aliphatic rings. The van der Waals surface area contributed by atoms with Gasteiger partial charge in [-0.05, 0) is 31.6 Å². The molecule has 0 saturated carbocycles. The molecule has 374 valence electrons. The average Bonchev–Trinajstić information content (AvgIpc) is 3.57. The first-order chi connectivity index (χ1) is 32.4. The second-order valence-corrected chi connectivity index (χ2v) is 18.3. The third kappa shape index (κ3) is 10.9. The van der Waals surface area contributed by atoms with Gasteiger partial charge in [0.25, 0.3) is 11.7 Å². The molecule has 4 aliphatic heterocycles. The number of halogens is 3. The SMILES string of the molecule is CO[C@@H]1C=CO[C@@]2(C)Oc3c(C)c(O)c4c(O)c(c(C=NN5CCN(Cc6cccc(C(F)(F)F)c6)CC5)c(O)c4c3C2=O)NC(=O)C(C)=CC=C[C@H](C)[C@H](O)[C@H](C)[C@H](O)[C@H](C)[C@@H](OC(C)=O)[C@H]1C. The summed E-state index contributed by atoms with van der Waals surface area (Å²) in [6, 6.07) is 5.11. The molecule has 3 aromatic rings. The number of benzene rings is 3. The summed E-state index contributed by atoms with van der Waals surface area (Å²) in [5.41, 5.74) is -1.02. The number of amides is 1. The van der Waals surface area contributed by atoms with Gasteiger partial charge in [0.05, 0.1) is 58.6 Å². The minimum Gasteiger partial charge on any atom is -0.507 e. The maximum absolute atomic E-state index is 14.6. The smallest absolute Gasteiger partial charge is 0.416 e. The summed E-state index contributed by atoms with van der Waals surface area (Å²) in [7, 11) is 1.41. The zero-order chi connectivity index (χ0) is 50.9. The number of rotatable bonds is 6. The number of methoxy groups -OCH3 is 1. The third-order valence-electron chi connectivity index (χ3n) is 13.4. The number of carbonyl (C=O) groups is 3. The number of hydrogen-bond donors (Lipinski definition) is 6. The van der Waals surface area contributed by atoms with E-state index in [0.29, 0.717) is 31.7 Å². The number of phenolic OH excluding ortho intramolecular Hbond substituents is 3. The second-order valence-electron chi connectivity index (χ2n) is 18.3. The van der Waals surface area contributed by atoms with Gasteiger partial charge in [-0.15, -0.1) is 0 Å². The fourth-order valence-electron chi connectivity index (χ4n) is 9.13. The van der Waals surface area contributed by atoms with Crippen molar-refractivity contribution in [3.63, 3.8) is 0 Å². The number of phenols is 3. The number of ketones is 1. The normalized spacial score (nSPS) is 27.7. The molecule has 5 bridgehead atoms. The third-order valence-corrected chi connectivity index (χ3v) is 13.4. The van der Waals surface area contributed by atoms with Gasteiger partial charge in [0.1, 0.15) is 23.4 Å². The molecule has 0 spiro atoms. The molecule has 1 fully saturated rings. The first-order valence-electron chi connectivity index (χ1n) is 22.6. The number of piperazine rings is 1. The summed E-state index contributed by atoms with van der Waals surface area (Å²) in [5, 5.41) is 67.0. The van der Waals surface area contributed by atoms with Crippen molar-refractivity contribution in [2.45, 2.75) is 98.3 Å². The quantitative estimate of drug-likeness (QED) is 0.0639. The number of alkyl halides is 3. The summed E-state index contributed by atoms with van der Waals surface area (Å²) in [6.45, 7) is 13.9. The first-order valence-corrected chi connectivity index (χ1v) is 22.6. The Balaban J connectivity index is 1.43. The first kappa shape index (κ1) is 52.2. The van der Waals surface area contributed by atoms with Crippen LogP contribution in [0.1, 0.15) is 81.1 Å². The number of ether oxygens (including phenoxy) is 4. The van der Waals surface area contributed by atoms with Gasteiger partial charge >= 0.3 is 17.9 Å². The Kier molecular flexibility index (Phi) is 15.8. The molecule has 3 aromatic carbocycles. The standard InChI is InChI=1S/C50H61F3N4O12/c1-25-12-10-13-26(2)48(65)55-39-34(23-54-57-19-17-56(18-20-57)24-32-14-11-15-33(22-32)50(51,52)53)43(62)36-37(44(39)63)42(61)30(6)46-38(36)47(64)49(8,69-46)67-21-16-35(66-9)27(3)45(68-31(7)58)29(5)41(60)28(4)40(25)59/h10-16,21-23,25,27-29,35,40-41,45,59-63H,17-20,24H2,1-9H3,(H,55,65)/t25-,27-,28-,29-,35+,40-,41-,45-,49-/m0/s1. The van der Waals surface area contributed by atoms with Gasteiger partial charge < -0.3 is 49.8 Å². The number of hydrazone groups is 1. The number of aliphatic hydroxyl groups excluding tert-OH is 2. The van der Waals surface area contributed by atoms with E-state index in [9.17, 15) is 53.1 Å². The lowest BCUT2D eigenvalue weighted by atomic mass is 9.78. The highest BCUT2D eigenvalue weighted by Gasteiger charge is 2.50. The highest BCUT2D eigenvalue weighted by molar-refractivity contribution is 6.23. The molecule has 7 rings (SSSR count). The van der Waals surface area contributed by atoms with Gasteiger partial charge in [0.2, 0.25) is 0 Å². The van der Waals surface area contributed by atoms with Crippen molar-refractivity contribution >= 4 is 40.3 Å². The monoisotopic (exact) mass is 966 g/mol. The lowest BCUT2D eigenvalue weighted by molar-refractivity contribution is -0.160. The summed E-state index contributed by atoms with van der Waals surface area (Å²) >= 11 is 0. The van der Waals surface area contributed by atoms with Gasteiger partial charge in [-0.25, -0.2) is 0 Å². The predicted molar refractivity (Wildman–Crippen MR) is 250 cm³/mol. The molecular formula is C50H61F3N4O12. The predicted octanol–water partition coefficient (Wildman–Crippen LogP) is 6.92. The van der Waals surface area contributed by atoms with Crippen LogP contribution in [0.2, 0.25) is 0 Å². The molecule has 0 radical (unpaired) electrons. The summed E-state index contributed by atoms with van der Waals surface area (Å²) in [5.74, 6) is -9.08. The van der Waals surface area contributed by atoms with Crippen LogP contribution in [0, 0.1) is 30.6 Å². The zero-order valence-electron chi connectivity index (χ0n) is 40.0. The molecule has 4 heterocycles. The lowest BCUT2D eigenvalue weighted by Gasteiger charge is -2.38. The molecule has 0 aliphatic carbocycles. The van der Waals surface area contributed by atoms with E-state index < -0.39 is 101 Å². The largest absolute Gasteiger partial charge is 0.507 e. The van der Waals surface area contributed by atoms with E-state index in [1.807, 2.05) is 4.90 Å². The highest BCUT2D eigenvalue weighted by atomic mass is 19.4. The minimum absolute atomic E-state index is 0.00372. The molecule has 6 N–H and O–H groups in total. The molecule has 9 atom stereocenters. The van der Waals surface area contributed by atoms with Crippen molar-refractivity contribution < 1.29 is 72.0 Å². The number of nitrogens with one attached hydrogen (secondary N) is 1. The second kappa shape index (κ2) is 20.8. The highest BCUT2D eigenvalue weighted by Crippen LogP contribution is 2.55.